The number of hydrogen-bond donors (Lipinski definition) is 0. The highest BCUT2D eigenvalue weighted by Gasteiger charge is 2.25. The first-order valence-corrected chi connectivity index (χ1v) is 6.57. The number of ketones is 1. The molecule has 15 heavy (non-hydrogen) atoms. The fourth-order valence-corrected chi connectivity index (χ4v) is 1.62. The minimum absolute atomic E-state index is 0.342. The molecule has 0 amide bonds. The second-order valence-electron chi connectivity index (χ2n) is 3.42. The van der Waals surface area contributed by atoms with E-state index in [9.17, 15) is 13.2 Å². The Morgan fingerprint density at radius 1 is 1.60 bits per heavy atom. The Kier molecular flexibility index (Phi) is 3.28. The molecule has 0 aromatic carbocycles. The van der Waals surface area contributed by atoms with Crippen LogP contribution in [0, 0.1) is 0 Å². The Balaban J connectivity index is 2.95. The summed E-state index contributed by atoms with van der Waals surface area (Å²) < 4.78 is 23.9. The smallest absolute Gasteiger partial charge is 0.183 e. The van der Waals surface area contributed by atoms with Gasteiger partial charge in [0, 0.05) is 19.0 Å². The normalized spacial score (nSPS) is 13.8. The van der Waals surface area contributed by atoms with Crippen LogP contribution >= 0.6 is 0 Å². The van der Waals surface area contributed by atoms with Gasteiger partial charge in [0.05, 0.1) is 11.8 Å². The molecule has 1 heterocycles. The van der Waals surface area contributed by atoms with Gasteiger partial charge in [-0.05, 0) is 13.8 Å². The van der Waals surface area contributed by atoms with Crippen molar-refractivity contribution in [2.24, 2.45) is 0 Å². The van der Waals surface area contributed by atoms with Gasteiger partial charge in [-0.3, -0.25) is 9.48 Å². The van der Waals surface area contributed by atoms with Crippen LogP contribution in [0.5, 0.6) is 0 Å². The van der Waals surface area contributed by atoms with Crippen LogP contribution in [-0.2, 0) is 16.4 Å². The maximum absolute atomic E-state index is 11.7. The summed E-state index contributed by atoms with van der Waals surface area (Å²) in [6, 6.07) is 0. The molecule has 5 nitrogen and oxygen atoms in total. The van der Waals surface area contributed by atoms with Crippen molar-refractivity contribution < 1.29 is 13.2 Å². The number of Topliss-reactive ketones (excluding diaryl/α,β-unsaturated/α-hetero) is 1. The molecule has 0 aliphatic heterocycles. The molecule has 0 N–H and O–H groups in total. The van der Waals surface area contributed by atoms with Crippen LogP contribution in [0.15, 0.2) is 12.4 Å². The monoisotopic (exact) mass is 230 g/mol. The van der Waals surface area contributed by atoms with Gasteiger partial charge in [-0.1, -0.05) is 0 Å². The molecule has 0 aliphatic carbocycles. The van der Waals surface area contributed by atoms with Gasteiger partial charge in [-0.25, -0.2) is 8.42 Å². The van der Waals surface area contributed by atoms with Crippen molar-refractivity contribution in [3.05, 3.63) is 18.0 Å². The number of carbonyl (C=O) groups is 1. The summed E-state index contributed by atoms with van der Waals surface area (Å²) in [5.74, 6) is -0.405. The van der Waals surface area contributed by atoms with Crippen LogP contribution in [0.25, 0.3) is 0 Å². The fourth-order valence-electron chi connectivity index (χ4n) is 1.09. The Labute approximate surface area is 89.0 Å². The molecule has 0 saturated heterocycles. The van der Waals surface area contributed by atoms with Crippen molar-refractivity contribution in [3.63, 3.8) is 0 Å². The van der Waals surface area contributed by atoms with Crippen molar-refractivity contribution in [1.29, 1.82) is 0 Å². The molecule has 1 aromatic heterocycles. The Hall–Kier alpha value is -1.17. The van der Waals surface area contributed by atoms with Crippen molar-refractivity contribution >= 4 is 15.6 Å². The highest BCUT2D eigenvalue weighted by molar-refractivity contribution is 7.92. The molecule has 0 bridgehead atoms. The lowest BCUT2D eigenvalue weighted by Crippen LogP contribution is -2.26. The molecule has 1 unspecified atom stereocenters. The van der Waals surface area contributed by atoms with E-state index in [1.165, 1.54) is 13.1 Å². The Morgan fingerprint density at radius 3 is 2.60 bits per heavy atom. The lowest BCUT2D eigenvalue weighted by molar-refractivity contribution is 0.0991. The largest absolute Gasteiger partial charge is 0.293 e. The fraction of sp³-hybridized carbons (Fsp3) is 0.556. The number of aryl methyl sites for hydroxylation is 1. The molecule has 1 atom stereocenters. The van der Waals surface area contributed by atoms with Crippen molar-refractivity contribution in [2.75, 3.05) is 6.26 Å². The number of hydrogen-bond acceptors (Lipinski definition) is 4. The topological polar surface area (TPSA) is 69.0 Å². The van der Waals surface area contributed by atoms with Crippen LogP contribution in [0.4, 0.5) is 0 Å². The third kappa shape index (κ3) is 2.65. The van der Waals surface area contributed by atoms with Gasteiger partial charge in [0.2, 0.25) is 0 Å². The van der Waals surface area contributed by atoms with E-state index in [0.717, 1.165) is 6.26 Å². The van der Waals surface area contributed by atoms with E-state index in [2.05, 4.69) is 5.10 Å². The van der Waals surface area contributed by atoms with Crippen LogP contribution < -0.4 is 0 Å². The molecule has 6 heteroatoms. The van der Waals surface area contributed by atoms with E-state index < -0.39 is 20.9 Å². The quantitative estimate of drug-likeness (QED) is 0.707. The minimum atomic E-state index is -3.33. The first-order valence-electron chi connectivity index (χ1n) is 4.61. The SMILES string of the molecule is CCn1cc(C(=O)C(C)S(C)(=O)=O)cn1. The minimum Gasteiger partial charge on any atom is -0.293 e. The van der Waals surface area contributed by atoms with E-state index >= 15 is 0 Å². The van der Waals surface area contributed by atoms with Gasteiger partial charge in [-0.2, -0.15) is 5.10 Å². The number of rotatable bonds is 4. The average Bonchev–Trinajstić information content (AvgIpc) is 2.62. The summed E-state index contributed by atoms with van der Waals surface area (Å²) >= 11 is 0. The maximum Gasteiger partial charge on any atom is 0.183 e. The molecule has 0 aliphatic rings. The predicted molar refractivity (Wildman–Crippen MR) is 56.5 cm³/mol. The summed E-state index contributed by atoms with van der Waals surface area (Å²) in [5.41, 5.74) is 0.342. The number of nitrogens with zero attached hydrogens (tertiary/aromatic N) is 2. The molecule has 84 valence electrons. The molecular weight excluding hydrogens is 216 g/mol. The first-order chi connectivity index (χ1) is 6.86. The van der Waals surface area contributed by atoms with Crippen LogP contribution in [0.1, 0.15) is 24.2 Å². The first kappa shape index (κ1) is 11.9. The lowest BCUT2D eigenvalue weighted by atomic mass is 10.2. The van der Waals surface area contributed by atoms with E-state index in [1.54, 1.807) is 10.9 Å². The molecule has 0 spiro atoms. The standard InChI is InChI=1S/C9H14N2O3S/c1-4-11-6-8(5-10-11)9(12)7(2)15(3,13)14/h5-7H,4H2,1-3H3. The highest BCUT2D eigenvalue weighted by Crippen LogP contribution is 2.08. The highest BCUT2D eigenvalue weighted by atomic mass is 32.2. The second kappa shape index (κ2) is 4.14. The van der Waals surface area contributed by atoms with Gasteiger partial charge >= 0.3 is 0 Å². The summed E-state index contributed by atoms with van der Waals surface area (Å²) in [6.45, 7) is 3.93. The average molecular weight is 230 g/mol. The molecule has 0 saturated carbocycles. The Morgan fingerprint density at radius 2 is 2.20 bits per heavy atom. The zero-order valence-electron chi connectivity index (χ0n) is 8.97. The zero-order valence-corrected chi connectivity index (χ0v) is 9.78. The second-order valence-corrected chi connectivity index (χ2v) is 5.79. The summed E-state index contributed by atoms with van der Waals surface area (Å²) in [5, 5.41) is 2.91. The molecule has 0 radical (unpaired) electrons. The van der Waals surface area contributed by atoms with E-state index in [1.807, 2.05) is 6.92 Å². The van der Waals surface area contributed by atoms with Crippen molar-refractivity contribution in [3.8, 4) is 0 Å². The van der Waals surface area contributed by atoms with Crippen LogP contribution in [0.3, 0.4) is 0 Å². The van der Waals surface area contributed by atoms with Gasteiger partial charge in [0.25, 0.3) is 0 Å². The summed E-state index contributed by atoms with van der Waals surface area (Å²) in [4.78, 5) is 11.7. The number of carbonyl (C=O) groups excluding carboxylic acids is 1. The third-order valence-corrected chi connectivity index (χ3v) is 3.75. The molecule has 1 rings (SSSR count). The molecule has 0 fully saturated rings. The van der Waals surface area contributed by atoms with E-state index in [4.69, 9.17) is 0 Å². The summed E-state index contributed by atoms with van der Waals surface area (Å²) in [6.07, 6.45) is 4.01. The predicted octanol–water partition coefficient (Wildman–Crippen LogP) is 0.519. The van der Waals surface area contributed by atoms with E-state index in [-0.39, 0.29) is 0 Å². The van der Waals surface area contributed by atoms with Crippen molar-refractivity contribution in [1.82, 2.24) is 9.78 Å². The van der Waals surface area contributed by atoms with Crippen LogP contribution in [0.2, 0.25) is 0 Å². The Bertz CT molecular complexity index is 461. The van der Waals surface area contributed by atoms with Crippen molar-refractivity contribution in [2.45, 2.75) is 25.6 Å². The van der Waals surface area contributed by atoms with E-state index in [0.29, 0.717) is 12.1 Å². The van der Waals surface area contributed by atoms with Crippen LogP contribution in [-0.4, -0.2) is 35.5 Å². The number of aromatic nitrogens is 2. The van der Waals surface area contributed by atoms with Gasteiger partial charge < -0.3 is 0 Å². The lowest BCUT2D eigenvalue weighted by Gasteiger charge is -2.05. The zero-order chi connectivity index (χ0) is 11.6. The van der Waals surface area contributed by atoms with Gasteiger partial charge in [-0.15, -0.1) is 0 Å². The van der Waals surface area contributed by atoms with Gasteiger partial charge in [0.1, 0.15) is 5.25 Å². The van der Waals surface area contributed by atoms with Gasteiger partial charge in [0.15, 0.2) is 15.6 Å². The summed E-state index contributed by atoms with van der Waals surface area (Å²) in [7, 11) is -3.33. The third-order valence-electron chi connectivity index (χ3n) is 2.25. The molecular formula is C9H14N2O3S. The molecule has 1 aromatic rings. The number of sulfone groups is 1. The maximum atomic E-state index is 11.7.